The number of nitrogens with zero attached hydrogens (tertiary/aromatic N) is 3. The fourth-order valence-corrected chi connectivity index (χ4v) is 2.89. The second-order valence-corrected chi connectivity index (χ2v) is 7.28. The van der Waals surface area contributed by atoms with Gasteiger partial charge in [-0.15, -0.1) is 13.2 Å². The van der Waals surface area contributed by atoms with Crippen LogP contribution in [-0.4, -0.2) is 48.4 Å². The van der Waals surface area contributed by atoms with Crippen molar-refractivity contribution in [1.82, 2.24) is 14.9 Å². The molecule has 0 amide bonds. The number of ether oxygens (including phenoxy) is 1. The van der Waals surface area contributed by atoms with E-state index >= 15 is 0 Å². The lowest BCUT2D eigenvalue weighted by atomic mass is 10.1. The molecular weight excluding hydrogens is 431 g/mol. The van der Waals surface area contributed by atoms with Crippen molar-refractivity contribution in [2.24, 2.45) is 0 Å². The zero-order valence-corrected chi connectivity index (χ0v) is 17.6. The van der Waals surface area contributed by atoms with Crippen molar-refractivity contribution in [2.45, 2.75) is 6.36 Å². The van der Waals surface area contributed by atoms with Crippen LogP contribution in [0.5, 0.6) is 5.75 Å². The van der Waals surface area contributed by atoms with Crippen LogP contribution in [0.15, 0.2) is 54.6 Å². The van der Waals surface area contributed by atoms with Crippen LogP contribution in [0.25, 0.3) is 11.3 Å². The van der Waals surface area contributed by atoms with E-state index in [2.05, 4.69) is 25.3 Å². The van der Waals surface area contributed by atoms with Gasteiger partial charge >= 0.3 is 6.36 Å². The molecule has 3 aromatic rings. The summed E-state index contributed by atoms with van der Waals surface area (Å²) in [5.41, 5.74) is 2.04. The molecule has 1 heterocycles. The van der Waals surface area contributed by atoms with Gasteiger partial charge in [0.1, 0.15) is 11.6 Å². The second kappa shape index (κ2) is 9.84. The number of hydrogen-bond acceptors (Lipinski definition) is 6. The highest BCUT2D eigenvalue weighted by molar-refractivity contribution is 6.32. The Hall–Kier alpha value is -3.04. The molecule has 0 spiro atoms. The average molecular weight is 452 g/mol. The van der Waals surface area contributed by atoms with E-state index in [0.29, 0.717) is 29.7 Å². The number of hydrogen-bond donors (Lipinski definition) is 2. The van der Waals surface area contributed by atoms with Gasteiger partial charge < -0.3 is 20.3 Å². The largest absolute Gasteiger partial charge is 0.573 e. The molecule has 0 unspecified atom stereocenters. The highest BCUT2D eigenvalue weighted by Gasteiger charge is 2.32. The van der Waals surface area contributed by atoms with Gasteiger partial charge in [-0.3, -0.25) is 0 Å². The van der Waals surface area contributed by atoms with Gasteiger partial charge in [0.15, 0.2) is 0 Å². The Labute approximate surface area is 183 Å². The van der Waals surface area contributed by atoms with Crippen LogP contribution in [0, 0.1) is 0 Å². The third-order valence-corrected chi connectivity index (χ3v) is 4.36. The van der Waals surface area contributed by atoms with E-state index in [4.69, 9.17) is 11.6 Å². The van der Waals surface area contributed by atoms with Gasteiger partial charge in [0, 0.05) is 30.4 Å². The lowest BCUT2D eigenvalue weighted by molar-refractivity contribution is -0.274. The van der Waals surface area contributed by atoms with Crippen LogP contribution < -0.4 is 15.4 Å². The van der Waals surface area contributed by atoms with Crippen molar-refractivity contribution in [1.29, 1.82) is 0 Å². The molecule has 31 heavy (non-hydrogen) atoms. The highest BCUT2D eigenvalue weighted by Crippen LogP contribution is 2.33. The summed E-state index contributed by atoms with van der Waals surface area (Å²) in [7, 11) is 3.93. The number of nitrogens with one attached hydrogen (secondary N) is 2. The average Bonchev–Trinajstić information content (AvgIpc) is 2.69. The molecule has 0 aliphatic heterocycles. The predicted molar refractivity (Wildman–Crippen MR) is 116 cm³/mol. The molecule has 6 nitrogen and oxygen atoms in total. The molecule has 0 saturated carbocycles. The third kappa shape index (κ3) is 7.01. The van der Waals surface area contributed by atoms with Crippen molar-refractivity contribution >= 4 is 29.1 Å². The van der Waals surface area contributed by atoms with Crippen LogP contribution in [0.4, 0.5) is 30.6 Å². The van der Waals surface area contributed by atoms with Crippen LogP contribution >= 0.6 is 11.6 Å². The normalized spacial score (nSPS) is 11.5. The van der Waals surface area contributed by atoms with Crippen molar-refractivity contribution in [3.63, 3.8) is 0 Å². The summed E-state index contributed by atoms with van der Waals surface area (Å²) >= 11 is 5.94. The van der Waals surface area contributed by atoms with Gasteiger partial charge in [-0.1, -0.05) is 41.9 Å². The fourth-order valence-electron chi connectivity index (χ4n) is 2.67. The maximum atomic E-state index is 12.4. The summed E-state index contributed by atoms with van der Waals surface area (Å²) < 4.78 is 41.2. The second-order valence-electron chi connectivity index (χ2n) is 6.88. The molecule has 0 fully saturated rings. The first kappa shape index (κ1) is 22.6. The molecule has 1 aromatic heterocycles. The van der Waals surface area contributed by atoms with E-state index in [9.17, 15) is 13.2 Å². The standard InChI is InChI=1S/C21H21ClF3N5O/c1-30(2)11-10-26-20-28-17(14-6-4-3-5-7-14)13-19(29-20)27-15-8-9-18(16(22)12-15)31-21(23,24)25/h3-9,12-13H,10-11H2,1-2H3,(H2,26,27,28,29). The van der Waals surface area contributed by atoms with Crippen LogP contribution in [0.1, 0.15) is 0 Å². The molecule has 164 valence electrons. The minimum Gasteiger partial charge on any atom is -0.404 e. The molecule has 0 aliphatic rings. The Bertz CT molecular complexity index is 1020. The van der Waals surface area contributed by atoms with Crippen molar-refractivity contribution in [3.05, 3.63) is 59.6 Å². The lowest BCUT2D eigenvalue weighted by Crippen LogP contribution is -2.21. The zero-order chi connectivity index (χ0) is 22.4. The number of alkyl halides is 3. The van der Waals surface area contributed by atoms with Crippen LogP contribution in [0.2, 0.25) is 5.02 Å². The van der Waals surface area contributed by atoms with E-state index in [-0.39, 0.29) is 5.02 Å². The van der Waals surface area contributed by atoms with Gasteiger partial charge in [0.05, 0.1) is 10.7 Å². The highest BCUT2D eigenvalue weighted by atomic mass is 35.5. The topological polar surface area (TPSA) is 62.3 Å². The van der Waals surface area contributed by atoms with Gasteiger partial charge in [0.2, 0.25) is 5.95 Å². The van der Waals surface area contributed by atoms with Crippen LogP contribution in [-0.2, 0) is 0 Å². The predicted octanol–water partition coefficient (Wildman–Crippen LogP) is 5.41. The summed E-state index contributed by atoms with van der Waals surface area (Å²) in [6, 6.07) is 15.2. The van der Waals surface area contributed by atoms with Crippen molar-refractivity contribution in [2.75, 3.05) is 37.8 Å². The zero-order valence-electron chi connectivity index (χ0n) is 16.9. The molecular formula is C21H21ClF3N5O. The van der Waals surface area contributed by atoms with Crippen molar-refractivity contribution < 1.29 is 17.9 Å². The summed E-state index contributed by atoms with van der Waals surface area (Å²) in [4.78, 5) is 11.0. The Morgan fingerprint density at radius 3 is 2.42 bits per heavy atom. The molecule has 2 aromatic carbocycles. The fraction of sp³-hybridized carbons (Fsp3) is 0.238. The Morgan fingerprint density at radius 1 is 1.03 bits per heavy atom. The third-order valence-electron chi connectivity index (χ3n) is 4.07. The number of halogens is 4. The number of aromatic nitrogens is 2. The minimum atomic E-state index is -4.82. The SMILES string of the molecule is CN(C)CCNc1nc(Nc2ccc(OC(F)(F)F)c(Cl)c2)cc(-c2ccccc2)n1. The Kier molecular flexibility index (Phi) is 7.19. The number of anilines is 3. The first-order valence-electron chi connectivity index (χ1n) is 9.35. The summed E-state index contributed by atoms with van der Waals surface area (Å²) in [6.45, 7) is 1.43. The number of benzene rings is 2. The molecule has 10 heteroatoms. The maximum absolute atomic E-state index is 12.4. The summed E-state index contributed by atoms with van der Waals surface area (Å²) in [6.07, 6.45) is -4.82. The van der Waals surface area contributed by atoms with Gasteiger partial charge in [0.25, 0.3) is 0 Å². The minimum absolute atomic E-state index is 0.177. The maximum Gasteiger partial charge on any atom is 0.573 e. The lowest BCUT2D eigenvalue weighted by Gasteiger charge is -2.14. The quantitative estimate of drug-likeness (QED) is 0.477. The first-order chi connectivity index (χ1) is 14.7. The Morgan fingerprint density at radius 2 is 1.77 bits per heavy atom. The number of rotatable bonds is 8. The monoisotopic (exact) mass is 451 g/mol. The van der Waals surface area contributed by atoms with E-state index in [1.807, 2.05) is 49.3 Å². The molecule has 0 atom stereocenters. The van der Waals surface area contributed by atoms with Gasteiger partial charge in [-0.05, 0) is 32.3 Å². The van der Waals surface area contributed by atoms with Crippen molar-refractivity contribution in [3.8, 4) is 17.0 Å². The van der Waals surface area contributed by atoms with Crippen LogP contribution in [0.3, 0.4) is 0 Å². The van der Waals surface area contributed by atoms with E-state index in [0.717, 1.165) is 18.2 Å². The van der Waals surface area contributed by atoms with E-state index < -0.39 is 12.1 Å². The molecule has 0 radical (unpaired) electrons. The summed E-state index contributed by atoms with van der Waals surface area (Å²) in [5.74, 6) is 0.411. The van der Waals surface area contributed by atoms with E-state index in [1.165, 1.54) is 12.1 Å². The molecule has 2 N–H and O–H groups in total. The molecule has 0 bridgehead atoms. The van der Waals surface area contributed by atoms with Gasteiger partial charge in [-0.2, -0.15) is 4.98 Å². The smallest absolute Gasteiger partial charge is 0.404 e. The molecule has 0 saturated heterocycles. The first-order valence-corrected chi connectivity index (χ1v) is 9.73. The summed E-state index contributed by atoms with van der Waals surface area (Å²) in [5, 5.41) is 6.07. The van der Waals surface area contributed by atoms with E-state index in [1.54, 1.807) is 6.07 Å². The number of likely N-dealkylation sites (N-methyl/N-ethyl adjacent to an activating group) is 1. The Balaban J connectivity index is 1.86. The molecule has 3 rings (SSSR count). The van der Waals surface area contributed by atoms with Gasteiger partial charge in [-0.25, -0.2) is 4.98 Å². The molecule has 0 aliphatic carbocycles.